The number of carbonyl (C=O) groups excluding carboxylic acids is 1. The average molecular weight is 155 g/mol. The molecule has 0 fully saturated rings. The van der Waals surface area contributed by atoms with Crippen molar-refractivity contribution >= 4 is 5.78 Å². The fourth-order valence-electron chi connectivity index (χ4n) is 0.764. The van der Waals surface area contributed by atoms with E-state index in [1.165, 1.54) is 0 Å². The zero-order valence-electron chi connectivity index (χ0n) is 7.55. The number of hydrogen-bond donors (Lipinski definition) is 1. The Balaban J connectivity index is 3.63. The molecular formula is C9H17NO. The maximum atomic E-state index is 11.0. The molecule has 0 aliphatic rings. The Morgan fingerprint density at radius 1 is 1.55 bits per heavy atom. The minimum Gasteiger partial charge on any atom is -0.328 e. The van der Waals surface area contributed by atoms with Gasteiger partial charge in [-0.05, 0) is 33.3 Å². The van der Waals surface area contributed by atoms with Crippen molar-refractivity contribution in [1.29, 1.82) is 0 Å². The van der Waals surface area contributed by atoms with Gasteiger partial charge in [0.25, 0.3) is 0 Å². The fourth-order valence-corrected chi connectivity index (χ4v) is 0.764. The number of nitrogens with two attached hydrogens (primary N) is 1. The van der Waals surface area contributed by atoms with E-state index in [1.54, 1.807) is 6.08 Å². The quantitative estimate of drug-likeness (QED) is 0.627. The molecule has 0 heterocycles. The Kier molecular flexibility index (Phi) is 4.79. The third kappa shape index (κ3) is 7.26. The van der Waals surface area contributed by atoms with Gasteiger partial charge in [-0.25, -0.2) is 0 Å². The Labute approximate surface area is 68.5 Å². The molecule has 2 heteroatoms. The molecule has 0 aromatic carbocycles. The number of rotatable bonds is 4. The standard InChI is InChI=1S/C9H17NO/c1-7(2)6-9(11)5-4-8(3)10/h6,8H,4-5,10H2,1-3H3. The molecule has 2 N–H and O–H groups in total. The summed E-state index contributed by atoms with van der Waals surface area (Å²) in [6, 6.07) is 0.129. The minimum atomic E-state index is 0.129. The van der Waals surface area contributed by atoms with E-state index in [-0.39, 0.29) is 11.8 Å². The molecule has 0 radical (unpaired) electrons. The van der Waals surface area contributed by atoms with Gasteiger partial charge in [0.05, 0.1) is 0 Å². The van der Waals surface area contributed by atoms with Crippen molar-refractivity contribution in [1.82, 2.24) is 0 Å². The lowest BCUT2D eigenvalue weighted by atomic mass is 10.1. The van der Waals surface area contributed by atoms with E-state index in [0.29, 0.717) is 6.42 Å². The number of ketones is 1. The smallest absolute Gasteiger partial charge is 0.155 e. The van der Waals surface area contributed by atoms with Gasteiger partial charge in [0.1, 0.15) is 0 Å². The topological polar surface area (TPSA) is 43.1 Å². The first-order chi connectivity index (χ1) is 5.02. The van der Waals surface area contributed by atoms with Gasteiger partial charge in [0.2, 0.25) is 0 Å². The van der Waals surface area contributed by atoms with Crippen LogP contribution in [0.3, 0.4) is 0 Å². The van der Waals surface area contributed by atoms with Crippen LogP contribution in [-0.4, -0.2) is 11.8 Å². The normalized spacial score (nSPS) is 12.4. The van der Waals surface area contributed by atoms with E-state index >= 15 is 0 Å². The van der Waals surface area contributed by atoms with Gasteiger partial charge in [0.15, 0.2) is 5.78 Å². The first kappa shape index (κ1) is 10.4. The van der Waals surface area contributed by atoms with E-state index in [1.807, 2.05) is 20.8 Å². The molecule has 0 aromatic rings. The number of hydrogen-bond acceptors (Lipinski definition) is 2. The van der Waals surface area contributed by atoms with Gasteiger partial charge in [-0.15, -0.1) is 0 Å². The van der Waals surface area contributed by atoms with Gasteiger partial charge >= 0.3 is 0 Å². The first-order valence-corrected chi connectivity index (χ1v) is 3.95. The highest BCUT2D eigenvalue weighted by atomic mass is 16.1. The van der Waals surface area contributed by atoms with Crippen molar-refractivity contribution in [2.75, 3.05) is 0 Å². The van der Waals surface area contributed by atoms with Gasteiger partial charge in [-0.2, -0.15) is 0 Å². The van der Waals surface area contributed by atoms with Crippen molar-refractivity contribution in [3.05, 3.63) is 11.6 Å². The summed E-state index contributed by atoms with van der Waals surface area (Å²) in [5, 5.41) is 0. The maximum Gasteiger partial charge on any atom is 0.155 e. The van der Waals surface area contributed by atoms with E-state index < -0.39 is 0 Å². The second-order valence-electron chi connectivity index (χ2n) is 3.20. The summed E-state index contributed by atoms with van der Waals surface area (Å²) in [4.78, 5) is 11.0. The molecule has 0 aliphatic carbocycles. The van der Waals surface area contributed by atoms with Crippen LogP contribution in [0.2, 0.25) is 0 Å². The third-order valence-corrected chi connectivity index (χ3v) is 1.30. The zero-order chi connectivity index (χ0) is 8.85. The van der Waals surface area contributed by atoms with Crippen molar-refractivity contribution in [3.8, 4) is 0 Å². The predicted molar refractivity (Wildman–Crippen MR) is 47.3 cm³/mol. The first-order valence-electron chi connectivity index (χ1n) is 3.95. The zero-order valence-corrected chi connectivity index (χ0v) is 7.55. The predicted octanol–water partition coefficient (Wildman–Crippen LogP) is 1.65. The van der Waals surface area contributed by atoms with Gasteiger partial charge < -0.3 is 5.73 Å². The maximum absolute atomic E-state index is 11.0. The molecule has 0 bridgehead atoms. The highest BCUT2D eigenvalue weighted by Gasteiger charge is 1.99. The Bertz CT molecular complexity index is 155. The Morgan fingerprint density at radius 3 is 2.45 bits per heavy atom. The summed E-state index contributed by atoms with van der Waals surface area (Å²) in [7, 11) is 0. The molecule has 0 amide bonds. The van der Waals surface area contributed by atoms with E-state index in [4.69, 9.17) is 5.73 Å². The van der Waals surface area contributed by atoms with E-state index in [9.17, 15) is 4.79 Å². The summed E-state index contributed by atoms with van der Waals surface area (Å²) >= 11 is 0. The monoisotopic (exact) mass is 155 g/mol. The largest absolute Gasteiger partial charge is 0.328 e. The highest BCUT2D eigenvalue weighted by Crippen LogP contribution is 1.98. The van der Waals surface area contributed by atoms with Gasteiger partial charge in [-0.3, -0.25) is 4.79 Å². The molecular weight excluding hydrogens is 138 g/mol. The van der Waals surface area contributed by atoms with E-state index in [0.717, 1.165) is 12.0 Å². The van der Waals surface area contributed by atoms with Crippen LogP contribution in [0, 0.1) is 0 Å². The number of allylic oxidation sites excluding steroid dienone is 2. The van der Waals surface area contributed by atoms with Crippen LogP contribution in [0.25, 0.3) is 0 Å². The average Bonchev–Trinajstić information content (AvgIpc) is 1.82. The van der Waals surface area contributed by atoms with Gasteiger partial charge in [0, 0.05) is 12.5 Å². The second-order valence-corrected chi connectivity index (χ2v) is 3.20. The highest BCUT2D eigenvalue weighted by molar-refractivity contribution is 5.90. The molecule has 11 heavy (non-hydrogen) atoms. The molecule has 0 aliphatic heterocycles. The summed E-state index contributed by atoms with van der Waals surface area (Å²) in [6.07, 6.45) is 3.02. The van der Waals surface area contributed by atoms with Gasteiger partial charge in [-0.1, -0.05) is 5.57 Å². The molecule has 1 atom stereocenters. The molecule has 0 aromatic heterocycles. The van der Waals surface area contributed by atoms with Crippen LogP contribution in [0.5, 0.6) is 0 Å². The van der Waals surface area contributed by atoms with Crippen LogP contribution >= 0.6 is 0 Å². The SMILES string of the molecule is CC(C)=CC(=O)CCC(C)N. The van der Waals surface area contributed by atoms with Crippen LogP contribution in [0.1, 0.15) is 33.6 Å². The summed E-state index contributed by atoms with van der Waals surface area (Å²) in [5.41, 5.74) is 6.55. The Hall–Kier alpha value is -0.630. The molecule has 0 saturated carbocycles. The van der Waals surface area contributed by atoms with Crippen LogP contribution < -0.4 is 5.73 Å². The van der Waals surface area contributed by atoms with Crippen LogP contribution in [-0.2, 0) is 4.79 Å². The molecule has 64 valence electrons. The Morgan fingerprint density at radius 2 is 2.09 bits per heavy atom. The lowest BCUT2D eigenvalue weighted by Gasteiger charge is -2.00. The van der Waals surface area contributed by atoms with Crippen LogP contribution in [0.4, 0.5) is 0 Å². The van der Waals surface area contributed by atoms with Crippen LogP contribution in [0.15, 0.2) is 11.6 Å². The van der Waals surface area contributed by atoms with E-state index in [2.05, 4.69) is 0 Å². The van der Waals surface area contributed by atoms with Crippen molar-refractivity contribution < 1.29 is 4.79 Å². The molecule has 1 unspecified atom stereocenters. The minimum absolute atomic E-state index is 0.129. The van der Waals surface area contributed by atoms with Crippen molar-refractivity contribution in [3.63, 3.8) is 0 Å². The third-order valence-electron chi connectivity index (χ3n) is 1.30. The summed E-state index contributed by atoms with van der Waals surface area (Å²) in [5.74, 6) is 0.183. The molecule has 2 nitrogen and oxygen atoms in total. The van der Waals surface area contributed by atoms with Crippen molar-refractivity contribution in [2.24, 2.45) is 5.73 Å². The second kappa shape index (κ2) is 5.08. The summed E-state index contributed by atoms with van der Waals surface area (Å²) in [6.45, 7) is 5.75. The lowest BCUT2D eigenvalue weighted by molar-refractivity contribution is -0.114. The molecule has 0 saturated heterocycles. The number of carbonyl (C=O) groups is 1. The fraction of sp³-hybridized carbons (Fsp3) is 0.667. The summed E-state index contributed by atoms with van der Waals surface area (Å²) < 4.78 is 0. The molecule has 0 rings (SSSR count). The molecule has 0 spiro atoms. The van der Waals surface area contributed by atoms with Crippen molar-refractivity contribution in [2.45, 2.75) is 39.7 Å². The lowest BCUT2D eigenvalue weighted by Crippen LogP contribution is -2.15.